The van der Waals surface area contributed by atoms with Gasteiger partial charge >= 0.3 is 0 Å². The molecule has 2 fully saturated rings. The van der Waals surface area contributed by atoms with Crippen LogP contribution in [0.5, 0.6) is 0 Å². The molecule has 0 aliphatic carbocycles. The highest BCUT2D eigenvalue weighted by molar-refractivity contribution is 4.94. The topological polar surface area (TPSA) is 30.5 Å². The number of hydrogen-bond acceptors (Lipinski definition) is 3. The summed E-state index contributed by atoms with van der Waals surface area (Å²) in [7, 11) is 0. The summed E-state index contributed by atoms with van der Waals surface area (Å²) in [6.07, 6.45) is 1.11. The Morgan fingerprint density at radius 3 is 2.54 bits per heavy atom. The molecule has 3 nitrogen and oxygen atoms in total. The maximum Gasteiger partial charge on any atom is 0.122 e. The summed E-state index contributed by atoms with van der Waals surface area (Å²) in [5, 5.41) is 3.46. The van der Waals surface area contributed by atoms with Crippen LogP contribution >= 0.6 is 0 Å². The Balaban J connectivity index is 2.05. The number of rotatable bonds is 1. The molecule has 76 valence electrons. The molecule has 2 aliphatic heterocycles. The van der Waals surface area contributed by atoms with E-state index in [4.69, 9.17) is 9.47 Å². The predicted molar refractivity (Wildman–Crippen MR) is 50.5 cm³/mol. The average Bonchev–Trinajstić information content (AvgIpc) is 2.58. The summed E-state index contributed by atoms with van der Waals surface area (Å²) >= 11 is 0. The van der Waals surface area contributed by atoms with E-state index in [1.165, 1.54) is 0 Å². The van der Waals surface area contributed by atoms with Crippen LogP contribution in [0.2, 0.25) is 0 Å². The zero-order valence-electron chi connectivity index (χ0n) is 8.72. The van der Waals surface area contributed by atoms with Gasteiger partial charge in [-0.05, 0) is 27.2 Å². The molecule has 2 unspecified atom stereocenters. The third-order valence-electron chi connectivity index (χ3n) is 3.06. The van der Waals surface area contributed by atoms with E-state index in [9.17, 15) is 0 Å². The fourth-order valence-corrected chi connectivity index (χ4v) is 2.23. The lowest BCUT2D eigenvalue weighted by molar-refractivity contribution is -0.112. The van der Waals surface area contributed by atoms with Gasteiger partial charge < -0.3 is 9.47 Å². The second-order valence-corrected chi connectivity index (χ2v) is 4.88. The van der Waals surface area contributed by atoms with Gasteiger partial charge in [0, 0.05) is 19.1 Å². The average molecular weight is 185 g/mol. The van der Waals surface area contributed by atoms with Crippen molar-refractivity contribution < 1.29 is 9.47 Å². The summed E-state index contributed by atoms with van der Waals surface area (Å²) in [4.78, 5) is 0. The molecule has 13 heavy (non-hydrogen) atoms. The maximum absolute atomic E-state index is 6.03. The van der Waals surface area contributed by atoms with E-state index < -0.39 is 0 Å². The standard InChI is InChI=1S/C10H19NO2/c1-9(2)7-11-10(3,13-9)8-4-5-12-6-8/h8,11H,4-7H2,1-3H3. The smallest absolute Gasteiger partial charge is 0.122 e. The fourth-order valence-electron chi connectivity index (χ4n) is 2.23. The van der Waals surface area contributed by atoms with Crippen molar-refractivity contribution in [2.75, 3.05) is 19.8 Å². The van der Waals surface area contributed by atoms with E-state index in [1.807, 2.05) is 0 Å². The largest absolute Gasteiger partial charge is 0.381 e. The van der Waals surface area contributed by atoms with Gasteiger partial charge in [-0.3, -0.25) is 5.32 Å². The van der Waals surface area contributed by atoms with E-state index >= 15 is 0 Å². The van der Waals surface area contributed by atoms with Gasteiger partial charge in [-0.2, -0.15) is 0 Å². The normalized spacial score (nSPS) is 44.1. The first-order valence-electron chi connectivity index (χ1n) is 5.05. The van der Waals surface area contributed by atoms with Crippen LogP contribution in [0.4, 0.5) is 0 Å². The van der Waals surface area contributed by atoms with E-state index in [-0.39, 0.29) is 11.3 Å². The molecule has 2 rings (SSSR count). The molecule has 0 radical (unpaired) electrons. The first-order valence-corrected chi connectivity index (χ1v) is 5.05. The molecule has 2 atom stereocenters. The Bertz CT molecular complexity index is 199. The van der Waals surface area contributed by atoms with Gasteiger partial charge in [-0.25, -0.2) is 0 Å². The van der Waals surface area contributed by atoms with Gasteiger partial charge in [-0.1, -0.05) is 0 Å². The van der Waals surface area contributed by atoms with E-state index in [0.717, 1.165) is 26.2 Å². The quantitative estimate of drug-likeness (QED) is 0.664. The van der Waals surface area contributed by atoms with Gasteiger partial charge in [-0.15, -0.1) is 0 Å². The Morgan fingerprint density at radius 2 is 2.08 bits per heavy atom. The zero-order valence-corrected chi connectivity index (χ0v) is 8.72. The SMILES string of the molecule is CC1(C)CNC(C)(C2CCOC2)O1. The molecule has 2 saturated heterocycles. The van der Waals surface area contributed by atoms with Gasteiger partial charge in [0.15, 0.2) is 0 Å². The highest BCUT2D eigenvalue weighted by Gasteiger charge is 2.46. The van der Waals surface area contributed by atoms with Crippen LogP contribution < -0.4 is 5.32 Å². The molecule has 1 N–H and O–H groups in total. The lowest BCUT2D eigenvalue weighted by Crippen LogP contribution is -2.45. The molecule has 0 aromatic heterocycles. The van der Waals surface area contributed by atoms with Crippen LogP contribution in [0, 0.1) is 5.92 Å². The molecule has 0 spiro atoms. The van der Waals surface area contributed by atoms with Crippen molar-refractivity contribution in [1.29, 1.82) is 0 Å². The summed E-state index contributed by atoms with van der Waals surface area (Å²) in [5.74, 6) is 0.509. The lowest BCUT2D eigenvalue weighted by Gasteiger charge is -2.31. The molecule has 0 bridgehead atoms. The molecule has 2 heterocycles. The predicted octanol–water partition coefficient (Wildman–Crippen LogP) is 1.14. The zero-order chi connectivity index (χ0) is 9.53. The number of hydrogen-bond donors (Lipinski definition) is 1. The van der Waals surface area contributed by atoms with Gasteiger partial charge in [0.05, 0.1) is 12.2 Å². The first kappa shape index (κ1) is 9.44. The van der Waals surface area contributed by atoms with Crippen molar-refractivity contribution in [3.63, 3.8) is 0 Å². The van der Waals surface area contributed by atoms with Crippen LogP contribution in [-0.4, -0.2) is 31.1 Å². The van der Waals surface area contributed by atoms with E-state index in [1.54, 1.807) is 0 Å². The summed E-state index contributed by atoms with van der Waals surface area (Å²) in [5.41, 5.74) is -0.197. The van der Waals surface area contributed by atoms with Crippen LogP contribution in [0.3, 0.4) is 0 Å². The van der Waals surface area contributed by atoms with Crippen LogP contribution in [0.25, 0.3) is 0 Å². The van der Waals surface area contributed by atoms with Gasteiger partial charge in [0.25, 0.3) is 0 Å². The summed E-state index contributed by atoms with van der Waals surface area (Å²) in [6, 6.07) is 0. The Morgan fingerprint density at radius 1 is 1.31 bits per heavy atom. The van der Waals surface area contributed by atoms with Crippen molar-refractivity contribution in [1.82, 2.24) is 5.32 Å². The molecule has 2 aliphatic rings. The van der Waals surface area contributed by atoms with Crippen LogP contribution in [0.1, 0.15) is 27.2 Å². The monoisotopic (exact) mass is 185 g/mol. The fraction of sp³-hybridized carbons (Fsp3) is 1.00. The Hall–Kier alpha value is -0.120. The third-order valence-corrected chi connectivity index (χ3v) is 3.06. The van der Waals surface area contributed by atoms with Crippen molar-refractivity contribution >= 4 is 0 Å². The number of nitrogens with one attached hydrogen (secondary N) is 1. The van der Waals surface area contributed by atoms with Crippen LogP contribution in [0.15, 0.2) is 0 Å². The van der Waals surface area contributed by atoms with Crippen LogP contribution in [-0.2, 0) is 9.47 Å². The van der Waals surface area contributed by atoms with E-state index in [2.05, 4.69) is 26.1 Å². The second kappa shape index (κ2) is 2.94. The Kier molecular flexibility index (Phi) is 2.13. The minimum absolute atomic E-state index is 0.0304. The highest BCUT2D eigenvalue weighted by Crippen LogP contribution is 2.34. The van der Waals surface area contributed by atoms with Gasteiger partial charge in [0.2, 0.25) is 0 Å². The van der Waals surface area contributed by atoms with Crippen molar-refractivity contribution in [3.8, 4) is 0 Å². The van der Waals surface area contributed by atoms with Gasteiger partial charge in [0.1, 0.15) is 5.72 Å². The highest BCUT2D eigenvalue weighted by atomic mass is 16.6. The summed E-state index contributed by atoms with van der Waals surface area (Å²) < 4.78 is 11.4. The second-order valence-electron chi connectivity index (χ2n) is 4.88. The number of ether oxygens (including phenoxy) is 2. The molecule has 0 aromatic rings. The third kappa shape index (κ3) is 1.73. The molecular weight excluding hydrogens is 166 g/mol. The summed E-state index contributed by atoms with van der Waals surface area (Å²) in [6.45, 7) is 9.04. The Labute approximate surface area is 79.8 Å². The van der Waals surface area contributed by atoms with Crippen molar-refractivity contribution in [2.24, 2.45) is 5.92 Å². The molecular formula is C10H19NO2. The molecule has 0 saturated carbocycles. The minimum atomic E-state index is -0.167. The lowest BCUT2D eigenvalue weighted by atomic mass is 9.97. The minimum Gasteiger partial charge on any atom is -0.381 e. The molecule has 3 heteroatoms. The molecule has 0 amide bonds. The first-order chi connectivity index (χ1) is 6.02. The maximum atomic E-state index is 6.03. The van der Waals surface area contributed by atoms with Crippen molar-refractivity contribution in [2.45, 2.75) is 38.5 Å². The molecule has 0 aromatic carbocycles. The van der Waals surface area contributed by atoms with E-state index in [0.29, 0.717) is 5.92 Å². The van der Waals surface area contributed by atoms with Crippen molar-refractivity contribution in [3.05, 3.63) is 0 Å².